The molecule has 1 unspecified atom stereocenters. The van der Waals surface area contributed by atoms with Crippen molar-refractivity contribution in [2.45, 2.75) is 12.5 Å². The Morgan fingerprint density at radius 3 is 2.79 bits per heavy atom. The Morgan fingerprint density at radius 1 is 1.33 bits per heavy atom. The van der Waals surface area contributed by atoms with Crippen molar-refractivity contribution >= 4 is 41.0 Å². The molecule has 0 radical (unpaired) electrons. The number of nitrogens with zero attached hydrogens (tertiary/aromatic N) is 1. The Labute approximate surface area is 148 Å². The SMILES string of the molecule is O=C(O)CC1COCCN1C(=O)CNC(=O)c1cc(Cl)ccc1Cl. The number of aliphatic carboxylic acids is 1. The number of ether oxygens (including phenoxy) is 1. The van der Waals surface area contributed by atoms with Crippen molar-refractivity contribution in [2.75, 3.05) is 26.3 Å². The summed E-state index contributed by atoms with van der Waals surface area (Å²) in [5.41, 5.74) is 0.168. The molecule has 2 rings (SSSR count). The van der Waals surface area contributed by atoms with Gasteiger partial charge in [-0.15, -0.1) is 0 Å². The second-order valence-electron chi connectivity index (χ2n) is 5.22. The Hall–Kier alpha value is -1.83. The highest BCUT2D eigenvalue weighted by Gasteiger charge is 2.29. The summed E-state index contributed by atoms with van der Waals surface area (Å²) in [6.07, 6.45) is -0.209. The topological polar surface area (TPSA) is 95.9 Å². The first-order valence-electron chi connectivity index (χ1n) is 7.20. The Balaban J connectivity index is 1.97. The van der Waals surface area contributed by atoms with Crippen LogP contribution >= 0.6 is 23.2 Å². The van der Waals surface area contributed by atoms with Gasteiger partial charge in [0.05, 0.1) is 42.8 Å². The summed E-state index contributed by atoms with van der Waals surface area (Å²) < 4.78 is 5.21. The molecule has 1 aliphatic heterocycles. The molecule has 1 aromatic rings. The fourth-order valence-corrected chi connectivity index (χ4v) is 2.75. The highest BCUT2D eigenvalue weighted by Crippen LogP contribution is 2.20. The standard InChI is InChI=1S/C15H16Cl2N2O5/c16-9-1-2-12(17)11(5-9)15(23)18-7-13(20)19-3-4-24-8-10(19)6-14(21)22/h1-2,5,10H,3-4,6-8H2,(H,18,23)(H,21,22). The Kier molecular flexibility index (Phi) is 6.42. The molecule has 130 valence electrons. The minimum Gasteiger partial charge on any atom is -0.481 e. The first kappa shape index (κ1) is 18.5. The molecule has 1 heterocycles. The molecule has 7 nitrogen and oxygen atoms in total. The number of halogens is 2. The number of nitrogens with one attached hydrogen (secondary N) is 1. The van der Waals surface area contributed by atoms with E-state index in [2.05, 4.69) is 5.32 Å². The fourth-order valence-electron chi connectivity index (χ4n) is 2.38. The van der Waals surface area contributed by atoms with Crippen LogP contribution in [0.3, 0.4) is 0 Å². The summed E-state index contributed by atoms with van der Waals surface area (Å²) in [6, 6.07) is 3.91. The average Bonchev–Trinajstić information content (AvgIpc) is 2.54. The Morgan fingerprint density at radius 2 is 2.08 bits per heavy atom. The molecule has 2 amide bonds. The number of benzene rings is 1. The monoisotopic (exact) mass is 374 g/mol. The third kappa shape index (κ3) is 4.83. The maximum absolute atomic E-state index is 12.3. The number of carbonyl (C=O) groups is 3. The molecule has 1 aliphatic rings. The van der Waals surface area contributed by atoms with Gasteiger partial charge in [0.1, 0.15) is 0 Å². The van der Waals surface area contributed by atoms with E-state index in [9.17, 15) is 14.4 Å². The lowest BCUT2D eigenvalue weighted by atomic mass is 10.1. The first-order valence-corrected chi connectivity index (χ1v) is 7.96. The quantitative estimate of drug-likeness (QED) is 0.812. The molecule has 0 aliphatic carbocycles. The molecule has 1 atom stereocenters. The zero-order valence-corrected chi connectivity index (χ0v) is 14.1. The van der Waals surface area contributed by atoms with Crippen LogP contribution in [-0.2, 0) is 14.3 Å². The van der Waals surface area contributed by atoms with Gasteiger partial charge >= 0.3 is 5.97 Å². The van der Waals surface area contributed by atoms with Gasteiger partial charge in [-0.3, -0.25) is 14.4 Å². The smallest absolute Gasteiger partial charge is 0.305 e. The second kappa shape index (κ2) is 8.32. The van der Waals surface area contributed by atoms with Gasteiger partial charge in [0, 0.05) is 11.6 Å². The van der Waals surface area contributed by atoms with Gasteiger partial charge in [0.2, 0.25) is 5.91 Å². The van der Waals surface area contributed by atoms with E-state index in [4.69, 9.17) is 33.0 Å². The predicted octanol–water partition coefficient (Wildman–Crippen LogP) is 1.43. The number of hydrogen-bond acceptors (Lipinski definition) is 4. The van der Waals surface area contributed by atoms with Gasteiger partial charge in [-0.05, 0) is 18.2 Å². The largest absolute Gasteiger partial charge is 0.481 e. The molecule has 2 N–H and O–H groups in total. The lowest BCUT2D eigenvalue weighted by Gasteiger charge is -2.34. The van der Waals surface area contributed by atoms with Crippen molar-refractivity contribution < 1.29 is 24.2 Å². The van der Waals surface area contributed by atoms with E-state index in [-0.39, 0.29) is 42.6 Å². The van der Waals surface area contributed by atoms with Crippen LogP contribution < -0.4 is 5.32 Å². The van der Waals surface area contributed by atoms with Gasteiger partial charge in [-0.2, -0.15) is 0 Å². The van der Waals surface area contributed by atoms with Gasteiger partial charge in [-0.25, -0.2) is 0 Å². The molecule has 9 heteroatoms. The van der Waals surface area contributed by atoms with Crippen LogP contribution in [-0.4, -0.2) is 60.1 Å². The minimum atomic E-state index is -1.02. The molecular weight excluding hydrogens is 359 g/mol. The van der Waals surface area contributed by atoms with Crippen LogP contribution in [0.2, 0.25) is 10.0 Å². The van der Waals surface area contributed by atoms with E-state index in [1.54, 1.807) is 6.07 Å². The molecule has 0 aromatic heterocycles. The Bertz CT molecular complexity index is 653. The van der Waals surface area contributed by atoms with E-state index < -0.39 is 17.9 Å². The number of rotatable bonds is 5. The van der Waals surface area contributed by atoms with Crippen molar-refractivity contribution in [1.29, 1.82) is 0 Å². The normalized spacial score (nSPS) is 17.4. The molecule has 1 saturated heterocycles. The average molecular weight is 375 g/mol. The molecule has 0 bridgehead atoms. The van der Waals surface area contributed by atoms with Crippen LogP contribution in [0.25, 0.3) is 0 Å². The van der Waals surface area contributed by atoms with E-state index in [0.717, 1.165) is 0 Å². The summed E-state index contributed by atoms with van der Waals surface area (Å²) in [7, 11) is 0. The number of carboxylic acids is 1. The third-order valence-electron chi connectivity index (χ3n) is 3.53. The van der Waals surface area contributed by atoms with Gasteiger partial charge in [0.25, 0.3) is 5.91 Å². The van der Waals surface area contributed by atoms with Crippen LogP contribution in [0.5, 0.6) is 0 Å². The number of amides is 2. The number of carbonyl (C=O) groups excluding carboxylic acids is 2. The van der Waals surface area contributed by atoms with Crippen LogP contribution in [0.1, 0.15) is 16.8 Å². The van der Waals surface area contributed by atoms with Crippen molar-refractivity contribution in [1.82, 2.24) is 10.2 Å². The molecule has 1 fully saturated rings. The second-order valence-corrected chi connectivity index (χ2v) is 6.06. The van der Waals surface area contributed by atoms with E-state index in [1.165, 1.54) is 17.0 Å². The van der Waals surface area contributed by atoms with Crippen molar-refractivity contribution in [3.8, 4) is 0 Å². The summed E-state index contributed by atoms with van der Waals surface area (Å²) in [5, 5.41) is 11.9. The lowest BCUT2D eigenvalue weighted by Crippen LogP contribution is -2.52. The maximum atomic E-state index is 12.3. The molecular formula is C15H16Cl2N2O5. The highest BCUT2D eigenvalue weighted by atomic mass is 35.5. The first-order chi connectivity index (χ1) is 11.4. The predicted molar refractivity (Wildman–Crippen MR) is 87.4 cm³/mol. The number of hydrogen-bond donors (Lipinski definition) is 2. The van der Waals surface area contributed by atoms with Crippen molar-refractivity contribution in [3.63, 3.8) is 0 Å². The molecule has 0 saturated carbocycles. The zero-order valence-electron chi connectivity index (χ0n) is 12.6. The zero-order chi connectivity index (χ0) is 17.7. The van der Waals surface area contributed by atoms with Crippen LogP contribution in [0, 0.1) is 0 Å². The van der Waals surface area contributed by atoms with Crippen LogP contribution in [0.4, 0.5) is 0 Å². The third-order valence-corrected chi connectivity index (χ3v) is 4.10. The summed E-state index contributed by atoms with van der Waals surface area (Å²) in [4.78, 5) is 36.7. The highest BCUT2D eigenvalue weighted by molar-refractivity contribution is 6.35. The van der Waals surface area contributed by atoms with E-state index in [0.29, 0.717) is 11.6 Å². The summed E-state index contributed by atoms with van der Waals surface area (Å²) in [6.45, 7) is 0.504. The van der Waals surface area contributed by atoms with E-state index >= 15 is 0 Å². The van der Waals surface area contributed by atoms with Gasteiger partial charge < -0.3 is 20.1 Å². The van der Waals surface area contributed by atoms with E-state index in [1.807, 2.05) is 0 Å². The number of carboxylic acid groups (broad SMARTS) is 1. The van der Waals surface area contributed by atoms with Crippen molar-refractivity contribution in [2.24, 2.45) is 0 Å². The summed E-state index contributed by atoms with van der Waals surface area (Å²) in [5.74, 6) is -1.92. The number of morpholine rings is 1. The van der Waals surface area contributed by atoms with Gasteiger partial charge in [-0.1, -0.05) is 23.2 Å². The van der Waals surface area contributed by atoms with Crippen LogP contribution in [0.15, 0.2) is 18.2 Å². The molecule has 0 spiro atoms. The van der Waals surface area contributed by atoms with Gasteiger partial charge in [0.15, 0.2) is 0 Å². The fraction of sp³-hybridized carbons (Fsp3) is 0.400. The minimum absolute atomic E-state index is 0.159. The molecule has 24 heavy (non-hydrogen) atoms. The summed E-state index contributed by atoms with van der Waals surface area (Å²) >= 11 is 11.8. The van der Waals surface area contributed by atoms with Crippen molar-refractivity contribution in [3.05, 3.63) is 33.8 Å². The molecule has 1 aromatic carbocycles. The lowest BCUT2D eigenvalue weighted by molar-refractivity contribution is -0.145. The maximum Gasteiger partial charge on any atom is 0.305 e.